The zero-order valence-corrected chi connectivity index (χ0v) is 19.7. The van der Waals surface area contributed by atoms with E-state index >= 15 is 0 Å². The van der Waals surface area contributed by atoms with Crippen LogP contribution in [0.15, 0.2) is 88.4 Å². The first-order valence-electron chi connectivity index (χ1n) is 11.0. The SMILES string of the molecule is C[C@@]1(C(=O)NCc2ccccc2)CN(S(=O)(=O)c2ccccc2)CC(=O)N1CCc1ccco1. The number of sulfonamides is 1. The average molecular weight is 482 g/mol. The minimum absolute atomic E-state index is 0.0823. The Bertz CT molecular complexity index is 1230. The molecule has 1 N–H and O–H groups in total. The molecule has 1 aromatic heterocycles. The van der Waals surface area contributed by atoms with E-state index in [-0.39, 0.29) is 31.1 Å². The van der Waals surface area contributed by atoms with Crippen LogP contribution in [0.2, 0.25) is 0 Å². The highest BCUT2D eigenvalue weighted by molar-refractivity contribution is 7.89. The number of hydrogen-bond donors (Lipinski definition) is 1. The Hall–Kier alpha value is -3.43. The summed E-state index contributed by atoms with van der Waals surface area (Å²) < 4.78 is 33.0. The van der Waals surface area contributed by atoms with Gasteiger partial charge < -0.3 is 14.6 Å². The maximum Gasteiger partial charge on any atom is 0.247 e. The predicted molar refractivity (Wildman–Crippen MR) is 126 cm³/mol. The maximum atomic E-state index is 13.5. The van der Waals surface area contributed by atoms with Gasteiger partial charge in [-0.3, -0.25) is 9.59 Å². The van der Waals surface area contributed by atoms with Crippen LogP contribution < -0.4 is 5.32 Å². The average Bonchev–Trinajstić information content (AvgIpc) is 3.36. The molecule has 8 nitrogen and oxygen atoms in total. The molecule has 1 saturated heterocycles. The molecule has 1 atom stereocenters. The van der Waals surface area contributed by atoms with E-state index in [4.69, 9.17) is 4.42 Å². The van der Waals surface area contributed by atoms with Crippen LogP contribution in [0.3, 0.4) is 0 Å². The number of piperazine rings is 1. The van der Waals surface area contributed by atoms with Gasteiger partial charge in [0.25, 0.3) is 0 Å². The van der Waals surface area contributed by atoms with Gasteiger partial charge in [0.15, 0.2) is 0 Å². The van der Waals surface area contributed by atoms with Gasteiger partial charge in [-0.25, -0.2) is 8.42 Å². The Balaban J connectivity index is 1.61. The molecule has 0 radical (unpaired) electrons. The largest absolute Gasteiger partial charge is 0.469 e. The van der Waals surface area contributed by atoms with E-state index in [0.29, 0.717) is 12.2 Å². The van der Waals surface area contributed by atoms with Gasteiger partial charge in [0, 0.05) is 26.1 Å². The molecular formula is C25H27N3O5S. The van der Waals surface area contributed by atoms with Crippen LogP contribution in [0.1, 0.15) is 18.2 Å². The molecule has 0 unspecified atom stereocenters. The number of furan rings is 1. The van der Waals surface area contributed by atoms with E-state index in [1.54, 1.807) is 43.5 Å². The summed E-state index contributed by atoms with van der Waals surface area (Å²) in [5, 5.41) is 2.89. The second-order valence-corrected chi connectivity index (χ2v) is 10.3. The molecule has 1 fully saturated rings. The Morgan fingerprint density at radius 2 is 1.71 bits per heavy atom. The van der Waals surface area contributed by atoms with E-state index in [1.165, 1.54) is 17.0 Å². The lowest BCUT2D eigenvalue weighted by molar-refractivity contribution is -0.152. The Labute approximate surface area is 199 Å². The molecule has 9 heteroatoms. The minimum Gasteiger partial charge on any atom is -0.469 e. The van der Waals surface area contributed by atoms with Crippen molar-refractivity contribution in [2.24, 2.45) is 0 Å². The maximum absolute atomic E-state index is 13.5. The smallest absolute Gasteiger partial charge is 0.247 e. The fourth-order valence-corrected chi connectivity index (χ4v) is 5.62. The Morgan fingerprint density at radius 3 is 2.35 bits per heavy atom. The van der Waals surface area contributed by atoms with E-state index in [0.717, 1.165) is 9.87 Å². The van der Waals surface area contributed by atoms with Crippen molar-refractivity contribution in [2.75, 3.05) is 19.6 Å². The molecule has 0 aliphatic carbocycles. The standard InChI is InChI=1S/C25H27N3O5S/c1-25(24(30)26-17-20-9-4-2-5-10-20)19-27(34(31,32)22-12-6-3-7-13-22)18-23(29)28(25)15-14-21-11-8-16-33-21/h2-13,16H,14-15,17-19H2,1H3,(H,26,30)/t25-/m0/s1. The summed E-state index contributed by atoms with van der Waals surface area (Å²) in [4.78, 5) is 28.3. The highest BCUT2D eigenvalue weighted by atomic mass is 32.2. The number of benzene rings is 2. The molecule has 2 amide bonds. The third kappa shape index (κ3) is 4.90. The summed E-state index contributed by atoms with van der Waals surface area (Å²) in [6, 6.07) is 20.9. The van der Waals surface area contributed by atoms with E-state index in [1.807, 2.05) is 30.3 Å². The number of carbonyl (C=O) groups excluding carboxylic acids is 2. The molecule has 2 aromatic carbocycles. The molecule has 0 spiro atoms. The van der Waals surface area contributed by atoms with Gasteiger partial charge in [0.1, 0.15) is 11.3 Å². The molecule has 1 aliphatic heterocycles. The first kappa shape index (κ1) is 23.7. The summed E-state index contributed by atoms with van der Waals surface area (Å²) in [6.45, 7) is 1.60. The van der Waals surface area contributed by atoms with Crippen molar-refractivity contribution in [3.63, 3.8) is 0 Å². The molecule has 3 aromatic rings. The fraction of sp³-hybridized carbons (Fsp3) is 0.280. The van der Waals surface area contributed by atoms with Crippen LogP contribution in [0.4, 0.5) is 0 Å². The highest BCUT2D eigenvalue weighted by Gasteiger charge is 2.50. The molecule has 1 aliphatic rings. The van der Waals surface area contributed by atoms with Gasteiger partial charge in [-0.2, -0.15) is 4.31 Å². The van der Waals surface area contributed by atoms with Gasteiger partial charge in [-0.15, -0.1) is 0 Å². The quantitative estimate of drug-likeness (QED) is 0.533. The number of nitrogens with zero attached hydrogens (tertiary/aromatic N) is 2. The van der Waals surface area contributed by atoms with Crippen LogP contribution in [0.5, 0.6) is 0 Å². The van der Waals surface area contributed by atoms with Crippen LogP contribution in [-0.4, -0.2) is 54.6 Å². The lowest BCUT2D eigenvalue weighted by Gasteiger charge is -2.46. The van der Waals surface area contributed by atoms with Gasteiger partial charge in [0.2, 0.25) is 21.8 Å². The van der Waals surface area contributed by atoms with Gasteiger partial charge >= 0.3 is 0 Å². The van der Waals surface area contributed by atoms with E-state index in [2.05, 4.69) is 5.32 Å². The van der Waals surface area contributed by atoms with Crippen molar-refractivity contribution < 1.29 is 22.4 Å². The fourth-order valence-electron chi connectivity index (χ4n) is 4.12. The van der Waals surface area contributed by atoms with Crippen LogP contribution in [0, 0.1) is 0 Å². The molecule has 178 valence electrons. The number of amides is 2. The zero-order valence-electron chi connectivity index (χ0n) is 18.9. The highest BCUT2D eigenvalue weighted by Crippen LogP contribution is 2.28. The van der Waals surface area contributed by atoms with E-state index in [9.17, 15) is 18.0 Å². The lowest BCUT2D eigenvalue weighted by atomic mass is 9.95. The Kier molecular flexibility index (Phi) is 6.85. The zero-order chi connectivity index (χ0) is 24.2. The van der Waals surface area contributed by atoms with Crippen molar-refractivity contribution in [2.45, 2.75) is 30.3 Å². The minimum atomic E-state index is -3.96. The molecular weight excluding hydrogens is 454 g/mol. The van der Waals surface area contributed by atoms with Crippen LogP contribution in [-0.2, 0) is 32.6 Å². The number of rotatable bonds is 8. The van der Waals surface area contributed by atoms with Crippen molar-refractivity contribution in [1.29, 1.82) is 0 Å². The van der Waals surface area contributed by atoms with Gasteiger partial charge in [-0.05, 0) is 36.8 Å². The first-order valence-corrected chi connectivity index (χ1v) is 12.4. The molecule has 0 bridgehead atoms. The van der Waals surface area contributed by atoms with Crippen LogP contribution in [0.25, 0.3) is 0 Å². The molecule has 4 rings (SSSR count). The summed E-state index contributed by atoms with van der Waals surface area (Å²) in [5.41, 5.74) is -0.504. The normalized spacial score (nSPS) is 19.2. The third-order valence-electron chi connectivity index (χ3n) is 6.02. The van der Waals surface area contributed by atoms with E-state index < -0.39 is 27.4 Å². The number of nitrogens with one attached hydrogen (secondary N) is 1. The van der Waals surface area contributed by atoms with Crippen molar-refractivity contribution in [1.82, 2.24) is 14.5 Å². The van der Waals surface area contributed by atoms with Crippen molar-refractivity contribution in [3.8, 4) is 0 Å². The molecule has 0 saturated carbocycles. The number of hydrogen-bond acceptors (Lipinski definition) is 5. The monoisotopic (exact) mass is 481 g/mol. The van der Waals surface area contributed by atoms with Gasteiger partial charge in [-0.1, -0.05) is 48.5 Å². The Morgan fingerprint density at radius 1 is 1.03 bits per heavy atom. The van der Waals surface area contributed by atoms with Crippen molar-refractivity contribution >= 4 is 21.8 Å². The summed E-state index contributed by atoms with van der Waals surface area (Å²) >= 11 is 0. The second-order valence-electron chi connectivity index (χ2n) is 8.40. The topological polar surface area (TPSA) is 99.9 Å². The summed E-state index contributed by atoms with van der Waals surface area (Å²) in [7, 11) is -3.96. The van der Waals surface area contributed by atoms with Crippen molar-refractivity contribution in [3.05, 3.63) is 90.4 Å². The summed E-state index contributed by atoms with van der Waals surface area (Å²) in [6.07, 6.45) is 1.96. The second kappa shape index (κ2) is 9.82. The van der Waals surface area contributed by atoms with Crippen LogP contribution >= 0.6 is 0 Å². The molecule has 2 heterocycles. The first-order chi connectivity index (χ1) is 16.3. The lowest BCUT2D eigenvalue weighted by Crippen LogP contribution is -2.69. The van der Waals surface area contributed by atoms with Gasteiger partial charge in [0.05, 0.1) is 17.7 Å². The molecule has 34 heavy (non-hydrogen) atoms. The summed E-state index contributed by atoms with van der Waals surface area (Å²) in [5.74, 6) is -0.175. The predicted octanol–water partition coefficient (Wildman–Crippen LogP) is 2.43. The third-order valence-corrected chi connectivity index (χ3v) is 7.83. The number of carbonyl (C=O) groups is 2.